The molecule has 0 bridgehead atoms. The minimum Gasteiger partial charge on any atom is -0.372 e. The molecule has 2 aliphatic heterocycles. The smallest absolute Gasteiger partial charge is 0.254 e. The van der Waals surface area contributed by atoms with Crippen LogP contribution in [0, 0.1) is 0 Å². The Morgan fingerprint density at radius 3 is 2.24 bits per heavy atom. The second kappa shape index (κ2) is 9.38. The maximum atomic E-state index is 12.8. The predicted molar refractivity (Wildman–Crippen MR) is 130 cm³/mol. The number of morpholine rings is 1. The molecule has 2 aromatic rings. The van der Waals surface area contributed by atoms with E-state index in [1.165, 1.54) is 10.6 Å². The van der Waals surface area contributed by atoms with E-state index in [4.69, 9.17) is 4.74 Å². The number of anilines is 1. The molecule has 2 heterocycles. The highest BCUT2D eigenvalue weighted by molar-refractivity contribution is 7.92. The van der Waals surface area contributed by atoms with Crippen LogP contribution in [-0.4, -0.2) is 62.7 Å². The number of hydrogen-bond acceptors (Lipinski definition) is 5. The van der Waals surface area contributed by atoms with Crippen LogP contribution in [-0.2, 0) is 27.7 Å². The standard InChI is InChI=1S/C25H31N3O5S/c1-16-11-22-12-21(9-10-23(22)28(16)34(4,31)32)24(29)26-13-19-5-7-20(8-6-19)25(30)27-14-17(2)33-18(3)15-27/h5-10,12,16-18H,11,13-15H2,1-4H3,(H,26,29). The normalized spacial score (nSPS) is 22.4. The summed E-state index contributed by atoms with van der Waals surface area (Å²) >= 11 is 0. The van der Waals surface area contributed by atoms with E-state index >= 15 is 0 Å². The largest absolute Gasteiger partial charge is 0.372 e. The van der Waals surface area contributed by atoms with Gasteiger partial charge in [0.05, 0.1) is 24.2 Å². The van der Waals surface area contributed by atoms with Gasteiger partial charge in [-0.15, -0.1) is 0 Å². The van der Waals surface area contributed by atoms with Crippen molar-refractivity contribution in [3.63, 3.8) is 0 Å². The summed E-state index contributed by atoms with van der Waals surface area (Å²) in [7, 11) is -3.37. The third-order valence-electron chi connectivity index (χ3n) is 6.21. The molecule has 0 spiro atoms. The van der Waals surface area contributed by atoms with Gasteiger partial charge in [0.1, 0.15) is 0 Å². The Hall–Kier alpha value is -2.91. The lowest BCUT2D eigenvalue weighted by atomic mass is 10.1. The summed E-state index contributed by atoms with van der Waals surface area (Å²) in [5, 5.41) is 2.90. The molecule has 0 aromatic heterocycles. The molecule has 0 aliphatic carbocycles. The van der Waals surface area contributed by atoms with Crippen LogP contribution >= 0.6 is 0 Å². The summed E-state index contributed by atoms with van der Waals surface area (Å²) < 4.78 is 31.3. The van der Waals surface area contributed by atoms with Crippen molar-refractivity contribution in [3.8, 4) is 0 Å². The van der Waals surface area contributed by atoms with E-state index < -0.39 is 10.0 Å². The minimum absolute atomic E-state index is 0.0130. The number of nitrogens with one attached hydrogen (secondary N) is 1. The Labute approximate surface area is 200 Å². The van der Waals surface area contributed by atoms with Crippen molar-refractivity contribution >= 4 is 27.5 Å². The van der Waals surface area contributed by atoms with Crippen molar-refractivity contribution in [1.29, 1.82) is 0 Å². The van der Waals surface area contributed by atoms with Crippen molar-refractivity contribution in [2.75, 3.05) is 23.7 Å². The fourth-order valence-corrected chi connectivity index (χ4v) is 6.09. The van der Waals surface area contributed by atoms with E-state index in [0.717, 1.165) is 11.1 Å². The Morgan fingerprint density at radius 2 is 1.62 bits per heavy atom. The number of nitrogens with zero attached hydrogens (tertiary/aromatic N) is 2. The molecule has 182 valence electrons. The lowest BCUT2D eigenvalue weighted by Gasteiger charge is -2.35. The van der Waals surface area contributed by atoms with Crippen molar-refractivity contribution in [2.24, 2.45) is 0 Å². The van der Waals surface area contributed by atoms with Gasteiger partial charge < -0.3 is 15.0 Å². The second-order valence-corrected chi connectivity index (χ2v) is 11.2. The highest BCUT2D eigenvalue weighted by Gasteiger charge is 2.33. The molecule has 8 nitrogen and oxygen atoms in total. The van der Waals surface area contributed by atoms with Crippen LogP contribution in [0.2, 0.25) is 0 Å². The average molecular weight is 486 g/mol. The zero-order chi connectivity index (χ0) is 24.6. The van der Waals surface area contributed by atoms with Gasteiger partial charge >= 0.3 is 0 Å². The van der Waals surface area contributed by atoms with Gasteiger partial charge in [-0.2, -0.15) is 0 Å². The van der Waals surface area contributed by atoms with Crippen LogP contribution in [0.4, 0.5) is 5.69 Å². The monoisotopic (exact) mass is 485 g/mol. The molecule has 0 radical (unpaired) electrons. The molecule has 2 amide bonds. The summed E-state index contributed by atoms with van der Waals surface area (Å²) in [4.78, 5) is 27.3. The first-order valence-corrected chi connectivity index (χ1v) is 13.3. The van der Waals surface area contributed by atoms with Crippen molar-refractivity contribution in [1.82, 2.24) is 10.2 Å². The summed E-state index contributed by atoms with van der Waals surface area (Å²) in [6, 6.07) is 12.2. The van der Waals surface area contributed by atoms with Crippen LogP contribution in [0.3, 0.4) is 0 Å². The van der Waals surface area contributed by atoms with Crippen molar-refractivity contribution < 1.29 is 22.7 Å². The second-order valence-electron chi connectivity index (χ2n) is 9.30. The van der Waals surface area contributed by atoms with Gasteiger partial charge in [0.25, 0.3) is 11.8 Å². The summed E-state index contributed by atoms with van der Waals surface area (Å²) in [5.74, 6) is -0.252. The molecule has 1 fully saturated rings. The predicted octanol–water partition coefficient (Wildman–Crippen LogP) is 2.58. The average Bonchev–Trinajstić information content (AvgIpc) is 3.12. The first-order valence-electron chi connectivity index (χ1n) is 11.5. The maximum Gasteiger partial charge on any atom is 0.254 e. The number of sulfonamides is 1. The van der Waals surface area contributed by atoms with E-state index in [1.54, 1.807) is 30.3 Å². The third kappa shape index (κ3) is 5.10. The van der Waals surface area contributed by atoms with Gasteiger partial charge in [-0.25, -0.2) is 8.42 Å². The Bertz CT molecular complexity index is 1190. The Morgan fingerprint density at radius 1 is 1.00 bits per heavy atom. The molecule has 1 N–H and O–H groups in total. The summed E-state index contributed by atoms with van der Waals surface area (Å²) in [5.41, 5.74) is 3.46. The number of fused-ring (bicyclic) bond motifs is 1. The third-order valence-corrected chi connectivity index (χ3v) is 7.48. The van der Waals surface area contributed by atoms with Crippen LogP contribution in [0.1, 0.15) is 52.6 Å². The van der Waals surface area contributed by atoms with Crippen LogP contribution in [0.15, 0.2) is 42.5 Å². The van der Waals surface area contributed by atoms with Gasteiger partial charge in [-0.05, 0) is 68.7 Å². The van der Waals surface area contributed by atoms with Crippen LogP contribution < -0.4 is 9.62 Å². The summed E-state index contributed by atoms with van der Waals surface area (Å²) in [6.45, 7) is 7.25. The SMILES string of the molecule is CC1CN(C(=O)c2ccc(CNC(=O)c3ccc4c(c3)CC(C)N4S(C)(=O)=O)cc2)CC(C)O1. The van der Waals surface area contributed by atoms with E-state index in [0.29, 0.717) is 42.9 Å². The first-order chi connectivity index (χ1) is 16.0. The molecule has 0 saturated carbocycles. The molecular weight excluding hydrogens is 454 g/mol. The molecule has 1 saturated heterocycles. The van der Waals surface area contributed by atoms with E-state index in [9.17, 15) is 18.0 Å². The highest BCUT2D eigenvalue weighted by atomic mass is 32.2. The summed E-state index contributed by atoms with van der Waals surface area (Å²) in [6.07, 6.45) is 1.79. The van der Waals surface area contributed by atoms with Crippen molar-refractivity contribution in [3.05, 3.63) is 64.7 Å². The zero-order valence-corrected chi connectivity index (χ0v) is 20.8. The van der Waals surface area contributed by atoms with Gasteiger partial charge in [-0.1, -0.05) is 12.1 Å². The number of amides is 2. The number of hydrogen-bond donors (Lipinski definition) is 1. The molecule has 3 atom stereocenters. The van der Waals surface area contributed by atoms with Gasteiger partial charge in [0.2, 0.25) is 10.0 Å². The maximum absolute atomic E-state index is 12.8. The molecule has 2 aromatic carbocycles. The van der Waals surface area contributed by atoms with Gasteiger partial charge in [0.15, 0.2) is 0 Å². The van der Waals surface area contributed by atoms with Crippen molar-refractivity contribution in [2.45, 2.75) is 52.0 Å². The Kier molecular flexibility index (Phi) is 6.69. The number of carbonyl (C=O) groups excluding carboxylic acids is 2. The number of rotatable bonds is 5. The fraction of sp³-hybridized carbons (Fsp3) is 0.440. The fourth-order valence-electron chi connectivity index (χ4n) is 4.83. The van der Waals surface area contributed by atoms with Gasteiger partial charge in [0, 0.05) is 36.8 Å². The van der Waals surface area contributed by atoms with E-state index in [2.05, 4.69) is 5.32 Å². The first kappa shape index (κ1) is 24.2. The number of ether oxygens (including phenoxy) is 1. The van der Waals surface area contributed by atoms with E-state index in [1.807, 2.05) is 37.8 Å². The highest BCUT2D eigenvalue weighted by Crippen LogP contribution is 2.34. The van der Waals surface area contributed by atoms with Gasteiger partial charge in [-0.3, -0.25) is 13.9 Å². The molecular formula is C25H31N3O5S. The lowest BCUT2D eigenvalue weighted by Crippen LogP contribution is -2.48. The zero-order valence-electron chi connectivity index (χ0n) is 19.9. The molecule has 9 heteroatoms. The lowest BCUT2D eigenvalue weighted by molar-refractivity contribution is -0.0586. The Balaban J connectivity index is 1.37. The molecule has 34 heavy (non-hydrogen) atoms. The molecule has 3 unspecified atom stereocenters. The molecule has 4 rings (SSSR count). The van der Waals surface area contributed by atoms with Crippen LogP contribution in [0.5, 0.6) is 0 Å². The minimum atomic E-state index is -3.37. The van der Waals surface area contributed by atoms with Crippen LogP contribution in [0.25, 0.3) is 0 Å². The molecule has 2 aliphatic rings. The topological polar surface area (TPSA) is 96.0 Å². The number of benzene rings is 2. The quantitative estimate of drug-likeness (QED) is 0.702. The number of carbonyl (C=O) groups is 2. The van der Waals surface area contributed by atoms with E-state index in [-0.39, 0.29) is 30.1 Å².